The van der Waals surface area contributed by atoms with Crippen molar-refractivity contribution in [2.24, 2.45) is 0 Å². The van der Waals surface area contributed by atoms with E-state index in [2.05, 4.69) is 10.0 Å². The molecule has 0 aliphatic rings. The summed E-state index contributed by atoms with van der Waals surface area (Å²) in [5, 5.41) is 3.05. The van der Waals surface area contributed by atoms with E-state index in [-0.39, 0.29) is 17.4 Å². The Bertz CT molecular complexity index is 835. The molecule has 0 atom stereocenters. The van der Waals surface area contributed by atoms with Gasteiger partial charge in [-0.25, -0.2) is 13.1 Å². The molecule has 2 aromatic carbocycles. The second-order valence-corrected chi connectivity index (χ2v) is 7.78. The number of anilines is 1. The lowest BCUT2D eigenvalue weighted by Crippen LogP contribution is -2.33. The molecular formula is C17H19ClN2O3S. The molecule has 128 valence electrons. The van der Waals surface area contributed by atoms with Crippen molar-refractivity contribution in [3.05, 3.63) is 59.1 Å². The van der Waals surface area contributed by atoms with Crippen LogP contribution in [0, 0.1) is 0 Å². The summed E-state index contributed by atoms with van der Waals surface area (Å²) in [5.41, 5.74) is 1.67. The molecule has 2 aromatic rings. The van der Waals surface area contributed by atoms with Crippen LogP contribution in [-0.4, -0.2) is 20.9 Å². The maximum atomic E-state index is 12.2. The number of amides is 1. The summed E-state index contributed by atoms with van der Waals surface area (Å²) in [7, 11) is -3.79. The summed E-state index contributed by atoms with van der Waals surface area (Å²) in [5.74, 6) is -0.196. The van der Waals surface area contributed by atoms with Gasteiger partial charge < -0.3 is 5.32 Å². The number of rotatable bonds is 6. The molecule has 0 spiro atoms. The first kappa shape index (κ1) is 18.4. The molecule has 0 unspecified atom stereocenters. The summed E-state index contributed by atoms with van der Waals surface area (Å²) >= 11 is 5.80. The van der Waals surface area contributed by atoms with Gasteiger partial charge >= 0.3 is 0 Å². The molecule has 0 heterocycles. The Kier molecular flexibility index (Phi) is 5.99. The van der Waals surface area contributed by atoms with E-state index in [0.717, 1.165) is 5.56 Å². The van der Waals surface area contributed by atoms with Gasteiger partial charge in [-0.05, 0) is 35.7 Å². The van der Waals surface area contributed by atoms with Gasteiger partial charge in [-0.3, -0.25) is 4.79 Å². The number of para-hydroxylation sites is 1. The van der Waals surface area contributed by atoms with Crippen molar-refractivity contribution in [1.29, 1.82) is 0 Å². The van der Waals surface area contributed by atoms with Gasteiger partial charge in [0, 0.05) is 10.7 Å². The first-order chi connectivity index (χ1) is 11.3. The van der Waals surface area contributed by atoms with Gasteiger partial charge in [-0.1, -0.05) is 49.7 Å². The number of hydrogen-bond donors (Lipinski definition) is 2. The fourth-order valence-electron chi connectivity index (χ4n) is 2.19. The second-order valence-electron chi connectivity index (χ2n) is 5.57. The van der Waals surface area contributed by atoms with Crippen molar-refractivity contribution in [1.82, 2.24) is 4.72 Å². The van der Waals surface area contributed by atoms with Crippen LogP contribution in [0.1, 0.15) is 25.3 Å². The van der Waals surface area contributed by atoms with Gasteiger partial charge in [0.2, 0.25) is 15.9 Å². The van der Waals surface area contributed by atoms with E-state index in [1.807, 2.05) is 32.0 Å². The Labute approximate surface area is 147 Å². The van der Waals surface area contributed by atoms with Gasteiger partial charge in [0.1, 0.15) is 0 Å². The first-order valence-electron chi connectivity index (χ1n) is 7.43. The minimum absolute atomic E-state index is 0.0189. The minimum Gasteiger partial charge on any atom is -0.325 e. The van der Waals surface area contributed by atoms with Gasteiger partial charge in [0.25, 0.3) is 0 Å². The monoisotopic (exact) mass is 366 g/mol. The third kappa shape index (κ3) is 4.80. The third-order valence-electron chi connectivity index (χ3n) is 3.39. The molecule has 2 rings (SSSR count). The molecule has 7 heteroatoms. The molecule has 0 fully saturated rings. The van der Waals surface area contributed by atoms with E-state index < -0.39 is 15.9 Å². The maximum absolute atomic E-state index is 12.2. The Morgan fingerprint density at radius 3 is 2.50 bits per heavy atom. The number of carbonyl (C=O) groups is 1. The fraction of sp³-hybridized carbons (Fsp3) is 0.235. The normalized spacial score (nSPS) is 11.5. The number of nitrogens with one attached hydrogen (secondary N) is 2. The zero-order valence-electron chi connectivity index (χ0n) is 13.4. The third-order valence-corrected chi connectivity index (χ3v) is 5.02. The number of benzene rings is 2. The first-order valence-corrected chi connectivity index (χ1v) is 9.30. The minimum atomic E-state index is -3.79. The zero-order valence-corrected chi connectivity index (χ0v) is 15.0. The van der Waals surface area contributed by atoms with Crippen LogP contribution in [0.5, 0.6) is 0 Å². The summed E-state index contributed by atoms with van der Waals surface area (Å²) in [4.78, 5) is 12.1. The summed E-state index contributed by atoms with van der Waals surface area (Å²) in [6.45, 7) is 3.68. The molecule has 1 amide bonds. The van der Waals surface area contributed by atoms with Crippen molar-refractivity contribution in [3.8, 4) is 0 Å². The fourth-order valence-corrected chi connectivity index (χ4v) is 3.47. The number of halogens is 1. The molecule has 0 aromatic heterocycles. The van der Waals surface area contributed by atoms with Gasteiger partial charge in [0.15, 0.2) is 0 Å². The van der Waals surface area contributed by atoms with Crippen LogP contribution in [0.4, 0.5) is 5.69 Å². The lowest BCUT2D eigenvalue weighted by Gasteiger charge is -2.14. The molecule has 2 N–H and O–H groups in total. The molecule has 0 saturated carbocycles. The summed E-state index contributed by atoms with van der Waals surface area (Å²) < 4.78 is 26.6. The van der Waals surface area contributed by atoms with Crippen LogP contribution >= 0.6 is 11.6 Å². The highest BCUT2D eigenvalue weighted by molar-refractivity contribution is 7.89. The van der Waals surface area contributed by atoms with Crippen molar-refractivity contribution in [3.63, 3.8) is 0 Å². The Morgan fingerprint density at radius 2 is 1.83 bits per heavy atom. The lowest BCUT2D eigenvalue weighted by molar-refractivity contribution is -0.115. The molecule has 24 heavy (non-hydrogen) atoms. The van der Waals surface area contributed by atoms with Crippen molar-refractivity contribution in [2.45, 2.75) is 24.7 Å². The molecule has 0 bridgehead atoms. The standard InChI is InChI=1S/C17H19ClN2O3S/c1-12(2)15-8-3-4-9-16(15)20-17(21)11-19-24(22,23)14-7-5-6-13(18)10-14/h3-10,12,19H,11H2,1-2H3,(H,20,21). The van der Waals surface area contributed by atoms with Crippen LogP contribution in [-0.2, 0) is 14.8 Å². The average Bonchev–Trinajstić information content (AvgIpc) is 2.53. The molecule has 0 aliphatic carbocycles. The highest BCUT2D eigenvalue weighted by Gasteiger charge is 2.16. The largest absolute Gasteiger partial charge is 0.325 e. The van der Waals surface area contributed by atoms with Crippen molar-refractivity contribution < 1.29 is 13.2 Å². The van der Waals surface area contributed by atoms with Crippen LogP contribution in [0.15, 0.2) is 53.4 Å². The molecule has 5 nitrogen and oxygen atoms in total. The molecular weight excluding hydrogens is 348 g/mol. The number of carbonyl (C=O) groups excluding carboxylic acids is 1. The molecule has 0 aliphatic heterocycles. The SMILES string of the molecule is CC(C)c1ccccc1NC(=O)CNS(=O)(=O)c1cccc(Cl)c1. The van der Waals surface area contributed by atoms with E-state index in [1.54, 1.807) is 12.1 Å². The van der Waals surface area contributed by atoms with Crippen LogP contribution in [0.2, 0.25) is 5.02 Å². The van der Waals surface area contributed by atoms with E-state index in [9.17, 15) is 13.2 Å². The zero-order chi connectivity index (χ0) is 17.7. The van der Waals surface area contributed by atoms with Gasteiger partial charge in [-0.2, -0.15) is 0 Å². The second kappa shape index (κ2) is 7.79. The smallest absolute Gasteiger partial charge is 0.241 e. The van der Waals surface area contributed by atoms with E-state index in [4.69, 9.17) is 11.6 Å². The van der Waals surface area contributed by atoms with Gasteiger partial charge in [-0.15, -0.1) is 0 Å². The predicted octanol–water partition coefficient (Wildman–Crippen LogP) is 3.38. The predicted molar refractivity (Wildman–Crippen MR) is 95.8 cm³/mol. The van der Waals surface area contributed by atoms with Crippen LogP contribution < -0.4 is 10.0 Å². The number of hydrogen-bond acceptors (Lipinski definition) is 3. The van der Waals surface area contributed by atoms with E-state index in [0.29, 0.717) is 10.7 Å². The topological polar surface area (TPSA) is 75.3 Å². The van der Waals surface area contributed by atoms with Crippen molar-refractivity contribution in [2.75, 3.05) is 11.9 Å². The number of sulfonamides is 1. The van der Waals surface area contributed by atoms with E-state index >= 15 is 0 Å². The molecule has 0 radical (unpaired) electrons. The Morgan fingerprint density at radius 1 is 1.12 bits per heavy atom. The van der Waals surface area contributed by atoms with Crippen LogP contribution in [0.25, 0.3) is 0 Å². The van der Waals surface area contributed by atoms with Crippen molar-refractivity contribution >= 4 is 33.2 Å². The van der Waals surface area contributed by atoms with E-state index in [1.165, 1.54) is 18.2 Å². The maximum Gasteiger partial charge on any atom is 0.241 e. The molecule has 0 saturated heterocycles. The lowest BCUT2D eigenvalue weighted by atomic mass is 10.0. The van der Waals surface area contributed by atoms with Crippen LogP contribution in [0.3, 0.4) is 0 Å². The highest BCUT2D eigenvalue weighted by Crippen LogP contribution is 2.23. The Balaban J connectivity index is 2.04. The quantitative estimate of drug-likeness (QED) is 0.822. The summed E-state index contributed by atoms with van der Waals surface area (Å²) in [6, 6.07) is 13.3. The highest BCUT2D eigenvalue weighted by atomic mass is 35.5. The Hall–Kier alpha value is -1.89. The summed E-state index contributed by atoms with van der Waals surface area (Å²) in [6.07, 6.45) is 0. The van der Waals surface area contributed by atoms with Gasteiger partial charge in [0.05, 0.1) is 11.4 Å². The average molecular weight is 367 g/mol.